The fourth-order valence-corrected chi connectivity index (χ4v) is 5.63. The molecule has 30 heavy (non-hydrogen) atoms. The lowest BCUT2D eigenvalue weighted by Crippen LogP contribution is -2.43. The Kier molecular flexibility index (Phi) is 6.69. The highest BCUT2D eigenvalue weighted by atomic mass is 28.4. The van der Waals surface area contributed by atoms with Gasteiger partial charge in [-0.05, 0) is 85.0 Å². The molecule has 0 radical (unpaired) electrons. The van der Waals surface area contributed by atoms with Crippen LogP contribution in [0.3, 0.4) is 0 Å². The Morgan fingerprint density at radius 2 is 1.93 bits per heavy atom. The van der Waals surface area contributed by atoms with E-state index in [4.69, 9.17) is 9.16 Å². The number of rotatable bonds is 6. The fraction of sp³-hybridized carbons (Fsp3) is 0.654. The van der Waals surface area contributed by atoms with Crippen molar-refractivity contribution in [2.45, 2.75) is 84.4 Å². The van der Waals surface area contributed by atoms with E-state index in [1.54, 1.807) is 7.11 Å². The number of ketones is 1. The lowest BCUT2D eigenvalue weighted by Gasteiger charge is -2.39. The molecule has 2 atom stereocenters. The standard InChI is InChI=1S/C26H40O3Si/c1-25(2,3)30(6,7)29-18-21-11-14-24(27)26(21,4)16-15-19-9-8-10-20-17-22(28-5)12-13-23(19)20/h12-13,15,17,21H,8-11,14,16,18H2,1-7H3/b19-15-/t21-,26-/m1/s1. The van der Waals surface area contributed by atoms with Crippen LogP contribution in [-0.2, 0) is 15.6 Å². The zero-order valence-electron chi connectivity index (χ0n) is 20.1. The average Bonchev–Trinajstić information content (AvgIpc) is 2.97. The van der Waals surface area contributed by atoms with Crippen molar-refractivity contribution in [1.82, 2.24) is 0 Å². The van der Waals surface area contributed by atoms with Gasteiger partial charge in [-0.1, -0.05) is 39.8 Å². The zero-order valence-corrected chi connectivity index (χ0v) is 21.1. The molecule has 0 spiro atoms. The third kappa shape index (κ3) is 4.60. The molecule has 0 bridgehead atoms. The molecule has 4 heteroatoms. The van der Waals surface area contributed by atoms with E-state index >= 15 is 0 Å². The first-order valence-electron chi connectivity index (χ1n) is 11.5. The minimum Gasteiger partial charge on any atom is -0.497 e. The molecule has 0 aromatic heterocycles. The van der Waals surface area contributed by atoms with Crippen molar-refractivity contribution in [1.29, 1.82) is 0 Å². The van der Waals surface area contributed by atoms with E-state index in [9.17, 15) is 4.79 Å². The minimum atomic E-state index is -1.81. The number of carbonyl (C=O) groups excluding carboxylic acids is 1. The first-order chi connectivity index (χ1) is 14.0. The van der Waals surface area contributed by atoms with Gasteiger partial charge in [0.1, 0.15) is 11.5 Å². The highest BCUT2D eigenvalue weighted by Crippen LogP contribution is 2.46. The van der Waals surface area contributed by atoms with Crippen LogP contribution in [0, 0.1) is 11.3 Å². The number of ether oxygens (including phenoxy) is 1. The molecule has 1 aromatic rings. The van der Waals surface area contributed by atoms with Crippen molar-refractivity contribution in [3.8, 4) is 5.75 Å². The smallest absolute Gasteiger partial charge is 0.191 e. The van der Waals surface area contributed by atoms with Gasteiger partial charge in [0, 0.05) is 18.4 Å². The Hall–Kier alpha value is -1.39. The summed E-state index contributed by atoms with van der Waals surface area (Å²) in [4.78, 5) is 12.9. The van der Waals surface area contributed by atoms with Crippen LogP contribution in [0.2, 0.25) is 18.1 Å². The van der Waals surface area contributed by atoms with Crippen molar-refractivity contribution in [2.24, 2.45) is 11.3 Å². The van der Waals surface area contributed by atoms with Gasteiger partial charge in [-0.15, -0.1) is 0 Å². The number of fused-ring (bicyclic) bond motifs is 1. The summed E-state index contributed by atoms with van der Waals surface area (Å²) < 4.78 is 12.0. The molecule has 1 fully saturated rings. The van der Waals surface area contributed by atoms with Gasteiger partial charge in [0.25, 0.3) is 0 Å². The number of allylic oxidation sites excluding steroid dienone is 2. The average molecular weight is 429 g/mol. The van der Waals surface area contributed by atoms with Gasteiger partial charge in [0.05, 0.1) is 7.11 Å². The fourth-order valence-electron chi connectivity index (χ4n) is 4.58. The van der Waals surface area contributed by atoms with Crippen LogP contribution in [0.15, 0.2) is 24.3 Å². The first-order valence-corrected chi connectivity index (χ1v) is 14.4. The van der Waals surface area contributed by atoms with Crippen molar-refractivity contribution in [3.63, 3.8) is 0 Å². The third-order valence-corrected chi connectivity index (χ3v) is 12.5. The van der Waals surface area contributed by atoms with Crippen LogP contribution in [-0.4, -0.2) is 27.8 Å². The van der Waals surface area contributed by atoms with Gasteiger partial charge < -0.3 is 9.16 Å². The first kappa shape index (κ1) is 23.3. The summed E-state index contributed by atoms with van der Waals surface area (Å²) in [7, 11) is -0.0852. The van der Waals surface area contributed by atoms with Crippen LogP contribution in [0.4, 0.5) is 0 Å². The van der Waals surface area contributed by atoms with Crippen LogP contribution in [0.1, 0.15) is 70.9 Å². The van der Waals surface area contributed by atoms with E-state index in [0.29, 0.717) is 18.1 Å². The number of hydrogen-bond donors (Lipinski definition) is 0. The minimum absolute atomic E-state index is 0.195. The summed E-state index contributed by atoms with van der Waals surface area (Å²) in [6.45, 7) is 14.3. The molecular formula is C26H40O3Si. The number of Topliss-reactive ketones (excluding diaryl/α,β-unsaturated/α-hetero) is 1. The quantitative estimate of drug-likeness (QED) is 0.467. The number of hydrogen-bond acceptors (Lipinski definition) is 3. The maximum Gasteiger partial charge on any atom is 0.191 e. The second-order valence-corrected chi connectivity index (χ2v) is 15.8. The Morgan fingerprint density at radius 1 is 1.20 bits per heavy atom. The summed E-state index contributed by atoms with van der Waals surface area (Å²) in [5.41, 5.74) is 3.79. The maximum absolute atomic E-state index is 12.9. The van der Waals surface area contributed by atoms with Crippen molar-refractivity contribution >= 4 is 19.7 Å². The van der Waals surface area contributed by atoms with Crippen molar-refractivity contribution in [3.05, 3.63) is 35.4 Å². The summed E-state index contributed by atoms with van der Waals surface area (Å²) in [5.74, 6) is 1.65. The second kappa shape index (κ2) is 8.62. The van der Waals surface area contributed by atoms with Crippen molar-refractivity contribution < 1.29 is 14.0 Å². The number of carbonyl (C=O) groups is 1. The summed E-state index contributed by atoms with van der Waals surface area (Å²) >= 11 is 0. The molecule has 0 saturated heterocycles. The molecule has 2 aliphatic carbocycles. The molecule has 1 saturated carbocycles. The molecular weight excluding hydrogens is 388 g/mol. The number of methoxy groups -OCH3 is 1. The highest BCUT2D eigenvalue weighted by molar-refractivity contribution is 6.74. The summed E-state index contributed by atoms with van der Waals surface area (Å²) in [6, 6.07) is 6.41. The van der Waals surface area contributed by atoms with Crippen molar-refractivity contribution in [2.75, 3.05) is 13.7 Å². The summed E-state index contributed by atoms with van der Waals surface area (Å²) in [5, 5.41) is 0.195. The topological polar surface area (TPSA) is 35.5 Å². The number of aryl methyl sites for hydroxylation is 1. The van der Waals surface area contributed by atoms with Gasteiger partial charge in [0.15, 0.2) is 8.32 Å². The zero-order chi connectivity index (χ0) is 22.2. The largest absolute Gasteiger partial charge is 0.497 e. The Bertz CT molecular complexity index is 818. The SMILES string of the molecule is COc1ccc2c(c1)CCC/C2=C/C[C@@]1(C)C(=O)CC[C@@H]1CO[Si](C)(C)C(C)(C)C. The molecule has 0 N–H and O–H groups in total. The van der Waals surface area contributed by atoms with Crippen LogP contribution in [0.25, 0.3) is 5.57 Å². The predicted octanol–water partition coefficient (Wildman–Crippen LogP) is 6.81. The molecule has 2 aliphatic rings. The molecule has 1 aromatic carbocycles. The normalized spacial score (nSPS) is 26.2. The van der Waals surface area contributed by atoms with E-state index in [0.717, 1.165) is 44.5 Å². The molecule has 3 nitrogen and oxygen atoms in total. The molecule has 0 amide bonds. The van der Waals surface area contributed by atoms with Crippen LogP contribution < -0.4 is 4.74 Å². The predicted molar refractivity (Wildman–Crippen MR) is 128 cm³/mol. The highest BCUT2D eigenvalue weighted by Gasteiger charge is 2.47. The summed E-state index contributed by atoms with van der Waals surface area (Å²) in [6.07, 6.45) is 8.18. The Morgan fingerprint density at radius 3 is 2.60 bits per heavy atom. The molecule has 3 rings (SSSR count). The van der Waals surface area contributed by atoms with Crippen LogP contribution in [0.5, 0.6) is 5.75 Å². The van der Waals surface area contributed by atoms with Gasteiger partial charge in [-0.2, -0.15) is 0 Å². The van der Waals surface area contributed by atoms with Gasteiger partial charge in [-0.25, -0.2) is 0 Å². The molecule has 0 heterocycles. The van der Waals surface area contributed by atoms with E-state index < -0.39 is 8.32 Å². The van der Waals surface area contributed by atoms with Crippen LogP contribution >= 0.6 is 0 Å². The molecule has 0 unspecified atom stereocenters. The van der Waals surface area contributed by atoms with E-state index in [1.807, 2.05) is 0 Å². The van der Waals surface area contributed by atoms with E-state index in [-0.39, 0.29) is 10.5 Å². The third-order valence-electron chi connectivity index (χ3n) is 8.03. The van der Waals surface area contributed by atoms with E-state index in [2.05, 4.69) is 65.1 Å². The van der Waals surface area contributed by atoms with Gasteiger partial charge >= 0.3 is 0 Å². The lowest BCUT2D eigenvalue weighted by molar-refractivity contribution is -0.126. The molecule has 0 aliphatic heterocycles. The lowest BCUT2D eigenvalue weighted by atomic mass is 9.75. The maximum atomic E-state index is 12.9. The van der Waals surface area contributed by atoms with E-state index in [1.165, 1.54) is 16.7 Å². The monoisotopic (exact) mass is 428 g/mol. The molecule has 166 valence electrons. The Balaban J connectivity index is 1.77. The number of benzene rings is 1. The second-order valence-electron chi connectivity index (χ2n) is 11.0. The van der Waals surface area contributed by atoms with Gasteiger partial charge in [0.2, 0.25) is 0 Å². The van der Waals surface area contributed by atoms with Gasteiger partial charge in [-0.3, -0.25) is 4.79 Å². The Labute approximate surface area is 184 Å².